The molecule has 1 fully saturated rings. The third-order valence-electron chi connectivity index (χ3n) is 4.00. The van der Waals surface area contributed by atoms with Gasteiger partial charge in [0.2, 0.25) is 0 Å². The van der Waals surface area contributed by atoms with Gasteiger partial charge in [-0.05, 0) is 24.3 Å². The molecule has 0 aliphatic carbocycles. The summed E-state index contributed by atoms with van der Waals surface area (Å²) in [7, 11) is 0. The molecule has 6 nitrogen and oxygen atoms in total. The van der Waals surface area contributed by atoms with Crippen molar-refractivity contribution in [3.8, 4) is 11.8 Å². The molecule has 0 saturated carbocycles. The number of rotatable bonds is 4. The summed E-state index contributed by atoms with van der Waals surface area (Å²) in [6.07, 6.45) is -6.34. The van der Waals surface area contributed by atoms with Crippen molar-refractivity contribution >= 4 is 11.3 Å². The molecule has 1 aliphatic rings. The average molecular weight is 376 g/mol. The van der Waals surface area contributed by atoms with Crippen LogP contribution >= 0.6 is 11.3 Å². The van der Waals surface area contributed by atoms with Crippen LogP contribution in [0.4, 0.5) is 0 Å². The van der Waals surface area contributed by atoms with Gasteiger partial charge in [0.25, 0.3) is 0 Å². The maximum atomic E-state index is 9.95. The van der Waals surface area contributed by atoms with Crippen LogP contribution in [0.3, 0.4) is 0 Å². The minimum Gasteiger partial charge on any atom is -0.394 e. The average Bonchev–Trinajstić information content (AvgIpc) is 3.13. The molecule has 4 N–H and O–H groups in total. The molecule has 1 aromatic carbocycles. The number of benzene rings is 1. The van der Waals surface area contributed by atoms with Crippen LogP contribution in [0, 0.1) is 11.8 Å². The molecule has 3 rings (SSSR count). The molecule has 0 bridgehead atoms. The third-order valence-corrected chi connectivity index (χ3v) is 4.98. The van der Waals surface area contributed by atoms with Crippen molar-refractivity contribution in [1.29, 1.82) is 0 Å². The van der Waals surface area contributed by atoms with Crippen molar-refractivity contribution < 1.29 is 29.9 Å². The minimum absolute atomic E-state index is 0.153. The van der Waals surface area contributed by atoms with Gasteiger partial charge in [-0.3, -0.25) is 0 Å². The lowest BCUT2D eigenvalue weighted by Gasteiger charge is -2.39. The molecule has 0 spiro atoms. The molecule has 5 atom stereocenters. The molecular formula is C19H20O6S. The molecule has 0 amide bonds. The van der Waals surface area contributed by atoms with Crippen LogP contribution < -0.4 is 0 Å². The Morgan fingerprint density at radius 2 is 1.73 bits per heavy atom. The number of aliphatic hydroxyl groups is 4. The topological polar surface area (TPSA) is 99.4 Å². The van der Waals surface area contributed by atoms with Crippen molar-refractivity contribution in [2.24, 2.45) is 0 Å². The molecule has 1 aliphatic heterocycles. The predicted octanol–water partition coefficient (Wildman–Crippen LogP) is 0.464. The summed E-state index contributed by atoms with van der Waals surface area (Å²) >= 11 is 1.45. The Kier molecular flexibility index (Phi) is 6.40. The third kappa shape index (κ3) is 4.50. The van der Waals surface area contributed by atoms with Crippen LogP contribution in [-0.2, 0) is 16.1 Å². The Labute approximate surface area is 155 Å². The van der Waals surface area contributed by atoms with Crippen LogP contribution in [0.2, 0.25) is 0 Å². The van der Waals surface area contributed by atoms with Crippen molar-refractivity contribution in [2.75, 3.05) is 6.61 Å². The minimum atomic E-state index is -1.44. The summed E-state index contributed by atoms with van der Waals surface area (Å²) in [5.74, 6) is 6.16. The predicted molar refractivity (Wildman–Crippen MR) is 95.3 cm³/mol. The van der Waals surface area contributed by atoms with Gasteiger partial charge in [-0.25, -0.2) is 0 Å². The Morgan fingerprint density at radius 1 is 0.962 bits per heavy atom. The normalized spacial score (nSPS) is 28.4. The summed E-state index contributed by atoms with van der Waals surface area (Å²) < 4.78 is 10.8. The number of hydrogen-bond donors (Lipinski definition) is 4. The molecule has 2 heterocycles. The summed E-state index contributed by atoms with van der Waals surface area (Å²) in [5, 5.41) is 38.6. The van der Waals surface area contributed by atoms with E-state index in [4.69, 9.17) is 9.47 Å². The SMILES string of the molecule is OC[C@H]1O[C@@H](OCc2ccc(C#Cc3ccccc3)s2)[C@H](O)[C@@H](O)[C@@H]1O. The van der Waals surface area contributed by atoms with E-state index in [0.29, 0.717) is 0 Å². The van der Waals surface area contributed by atoms with E-state index in [1.165, 1.54) is 11.3 Å². The van der Waals surface area contributed by atoms with Crippen molar-refractivity contribution in [1.82, 2.24) is 0 Å². The lowest BCUT2D eigenvalue weighted by molar-refractivity contribution is -0.303. The first-order valence-corrected chi connectivity index (χ1v) is 8.98. The van der Waals surface area contributed by atoms with Crippen LogP contribution in [0.5, 0.6) is 0 Å². The first-order chi connectivity index (χ1) is 12.6. The lowest BCUT2D eigenvalue weighted by Crippen LogP contribution is -2.59. The van der Waals surface area contributed by atoms with E-state index in [-0.39, 0.29) is 6.61 Å². The van der Waals surface area contributed by atoms with E-state index < -0.39 is 37.3 Å². The number of aliphatic hydroxyl groups excluding tert-OH is 4. The van der Waals surface area contributed by atoms with Gasteiger partial charge >= 0.3 is 0 Å². The van der Waals surface area contributed by atoms with E-state index >= 15 is 0 Å². The van der Waals surface area contributed by atoms with Crippen LogP contribution in [0.1, 0.15) is 15.3 Å². The smallest absolute Gasteiger partial charge is 0.187 e. The van der Waals surface area contributed by atoms with Crippen LogP contribution in [-0.4, -0.2) is 57.7 Å². The molecule has 1 aromatic heterocycles. The Bertz CT molecular complexity index is 763. The van der Waals surface area contributed by atoms with Crippen molar-refractivity contribution in [3.63, 3.8) is 0 Å². The van der Waals surface area contributed by atoms with Gasteiger partial charge in [-0.15, -0.1) is 11.3 Å². The first-order valence-electron chi connectivity index (χ1n) is 8.16. The Hall–Kier alpha value is -1.76. The fraction of sp³-hybridized carbons (Fsp3) is 0.368. The molecule has 1 saturated heterocycles. The van der Waals surface area contributed by atoms with E-state index in [9.17, 15) is 20.4 Å². The van der Waals surface area contributed by atoms with Gasteiger partial charge in [-0.1, -0.05) is 30.0 Å². The number of ether oxygens (including phenoxy) is 2. The van der Waals surface area contributed by atoms with Crippen LogP contribution in [0.25, 0.3) is 0 Å². The Balaban J connectivity index is 1.59. The Morgan fingerprint density at radius 3 is 2.46 bits per heavy atom. The quantitative estimate of drug-likeness (QED) is 0.579. The number of thiophene rings is 1. The second-order valence-corrected chi connectivity index (χ2v) is 7.06. The second-order valence-electron chi connectivity index (χ2n) is 5.89. The molecular weight excluding hydrogens is 356 g/mol. The fourth-order valence-electron chi connectivity index (χ4n) is 2.55. The zero-order valence-corrected chi connectivity index (χ0v) is 14.7. The maximum absolute atomic E-state index is 9.95. The first kappa shape index (κ1) is 19.0. The summed E-state index contributed by atoms with van der Waals surface area (Å²) in [6.45, 7) is -0.330. The van der Waals surface area contributed by atoms with Crippen molar-refractivity contribution in [2.45, 2.75) is 37.3 Å². The highest BCUT2D eigenvalue weighted by molar-refractivity contribution is 7.12. The zero-order chi connectivity index (χ0) is 18.5. The van der Waals surface area contributed by atoms with E-state index in [1.807, 2.05) is 42.5 Å². The molecule has 138 valence electrons. The van der Waals surface area contributed by atoms with Crippen molar-refractivity contribution in [3.05, 3.63) is 57.8 Å². The van der Waals surface area contributed by atoms with Crippen LogP contribution in [0.15, 0.2) is 42.5 Å². The zero-order valence-electron chi connectivity index (χ0n) is 13.9. The van der Waals surface area contributed by atoms with Gasteiger partial charge in [-0.2, -0.15) is 0 Å². The largest absolute Gasteiger partial charge is 0.394 e. The number of hydrogen-bond acceptors (Lipinski definition) is 7. The van der Waals surface area contributed by atoms with Gasteiger partial charge in [0.1, 0.15) is 24.4 Å². The maximum Gasteiger partial charge on any atom is 0.187 e. The standard InChI is InChI=1S/C19H20O6S/c20-10-15-16(21)17(22)18(23)19(25-15)24-11-14-9-8-13(26-14)7-6-12-4-2-1-3-5-12/h1-5,8-9,15-23H,10-11H2/t15-,16-,17+,18-,19-/m1/s1. The van der Waals surface area contributed by atoms with E-state index in [2.05, 4.69) is 11.8 Å². The highest BCUT2D eigenvalue weighted by Gasteiger charge is 2.43. The lowest BCUT2D eigenvalue weighted by atomic mass is 9.99. The summed E-state index contributed by atoms with van der Waals surface area (Å²) in [4.78, 5) is 1.75. The monoisotopic (exact) mass is 376 g/mol. The van der Waals surface area contributed by atoms with E-state index in [0.717, 1.165) is 15.3 Å². The second kappa shape index (κ2) is 8.75. The molecule has 0 radical (unpaired) electrons. The van der Waals surface area contributed by atoms with Gasteiger partial charge in [0, 0.05) is 10.4 Å². The van der Waals surface area contributed by atoms with Gasteiger partial charge in [0.15, 0.2) is 6.29 Å². The van der Waals surface area contributed by atoms with Gasteiger partial charge < -0.3 is 29.9 Å². The molecule has 26 heavy (non-hydrogen) atoms. The molecule has 7 heteroatoms. The molecule has 0 unspecified atom stereocenters. The summed E-state index contributed by atoms with van der Waals surface area (Å²) in [6, 6.07) is 13.4. The summed E-state index contributed by atoms with van der Waals surface area (Å²) in [5.41, 5.74) is 0.931. The fourth-order valence-corrected chi connectivity index (χ4v) is 3.33. The van der Waals surface area contributed by atoms with E-state index in [1.54, 1.807) is 0 Å². The van der Waals surface area contributed by atoms with Gasteiger partial charge in [0.05, 0.1) is 18.1 Å². The highest BCUT2D eigenvalue weighted by atomic mass is 32.1. The highest BCUT2D eigenvalue weighted by Crippen LogP contribution is 2.24. The molecule has 2 aromatic rings.